The molecule has 0 spiro atoms. The standard InChI is InChI=1S/C16H14BrClF2O/c1-8-4-10(5-9(2)16(8)21-3)15(17)11-6-14(20)12(18)7-13(11)19/h4-7,15H,1-3H3. The highest BCUT2D eigenvalue weighted by molar-refractivity contribution is 9.09. The Bertz CT molecular complexity index is 665. The summed E-state index contributed by atoms with van der Waals surface area (Å²) in [6.45, 7) is 3.82. The van der Waals surface area contributed by atoms with Crippen LogP contribution in [0.5, 0.6) is 5.75 Å². The molecule has 0 aliphatic heterocycles. The number of aryl methyl sites for hydroxylation is 2. The van der Waals surface area contributed by atoms with Gasteiger partial charge in [-0.1, -0.05) is 39.7 Å². The van der Waals surface area contributed by atoms with Crippen molar-refractivity contribution < 1.29 is 13.5 Å². The van der Waals surface area contributed by atoms with Crippen molar-refractivity contribution in [3.05, 3.63) is 63.2 Å². The summed E-state index contributed by atoms with van der Waals surface area (Å²) in [5.74, 6) is -0.393. The van der Waals surface area contributed by atoms with Crippen LogP contribution in [0.25, 0.3) is 0 Å². The van der Waals surface area contributed by atoms with Crippen molar-refractivity contribution >= 4 is 27.5 Å². The van der Waals surface area contributed by atoms with Crippen molar-refractivity contribution in [3.63, 3.8) is 0 Å². The van der Waals surface area contributed by atoms with Crippen molar-refractivity contribution in [3.8, 4) is 5.75 Å². The summed E-state index contributed by atoms with van der Waals surface area (Å²) >= 11 is 9.01. The SMILES string of the molecule is COc1c(C)cc(C(Br)c2cc(F)c(Cl)cc2F)cc1C. The van der Waals surface area contributed by atoms with Gasteiger partial charge in [-0.2, -0.15) is 0 Å². The number of rotatable bonds is 3. The molecule has 0 saturated carbocycles. The van der Waals surface area contributed by atoms with E-state index in [9.17, 15) is 8.78 Å². The highest BCUT2D eigenvalue weighted by Gasteiger charge is 2.19. The monoisotopic (exact) mass is 374 g/mol. The third-order valence-electron chi connectivity index (χ3n) is 3.29. The Morgan fingerprint density at radius 2 is 1.62 bits per heavy atom. The van der Waals surface area contributed by atoms with Gasteiger partial charge in [0.05, 0.1) is 17.0 Å². The first-order valence-corrected chi connectivity index (χ1v) is 7.58. The lowest BCUT2D eigenvalue weighted by atomic mass is 9.99. The van der Waals surface area contributed by atoms with Crippen molar-refractivity contribution in [2.75, 3.05) is 7.11 Å². The van der Waals surface area contributed by atoms with Crippen LogP contribution in [0.2, 0.25) is 5.02 Å². The molecule has 0 bridgehead atoms. The smallest absolute Gasteiger partial charge is 0.142 e. The van der Waals surface area contributed by atoms with Gasteiger partial charge in [-0.05, 0) is 42.7 Å². The summed E-state index contributed by atoms with van der Waals surface area (Å²) in [4.78, 5) is -0.465. The predicted octanol–water partition coefficient (Wildman–Crippen LogP) is 5.73. The summed E-state index contributed by atoms with van der Waals surface area (Å²) in [7, 11) is 1.61. The zero-order valence-corrected chi connectivity index (χ0v) is 14.1. The van der Waals surface area contributed by atoms with Gasteiger partial charge in [-0.3, -0.25) is 0 Å². The van der Waals surface area contributed by atoms with Gasteiger partial charge in [-0.15, -0.1) is 0 Å². The second kappa shape index (κ2) is 6.32. The van der Waals surface area contributed by atoms with Gasteiger partial charge in [0.25, 0.3) is 0 Å². The van der Waals surface area contributed by atoms with E-state index in [-0.39, 0.29) is 10.6 Å². The summed E-state index contributed by atoms with van der Waals surface area (Å²) in [6, 6.07) is 5.88. The lowest BCUT2D eigenvalue weighted by molar-refractivity contribution is 0.408. The molecule has 2 aromatic carbocycles. The average Bonchev–Trinajstić information content (AvgIpc) is 2.41. The first kappa shape index (κ1) is 16.2. The number of hydrogen-bond acceptors (Lipinski definition) is 1. The maximum Gasteiger partial charge on any atom is 0.142 e. The zero-order chi connectivity index (χ0) is 15.7. The first-order valence-electron chi connectivity index (χ1n) is 6.28. The second-order valence-electron chi connectivity index (χ2n) is 4.84. The van der Waals surface area contributed by atoms with Crippen LogP contribution < -0.4 is 4.74 Å². The largest absolute Gasteiger partial charge is 0.496 e. The number of ether oxygens (including phenoxy) is 1. The topological polar surface area (TPSA) is 9.23 Å². The van der Waals surface area contributed by atoms with Crippen LogP contribution in [0.15, 0.2) is 24.3 Å². The van der Waals surface area contributed by atoms with E-state index < -0.39 is 16.5 Å². The van der Waals surface area contributed by atoms with E-state index in [1.165, 1.54) is 0 Å². The highest BCUT2D eigenvalue weighted by Crippen LogP contribution is 2.37. The first-order chi connectivity index (χ1) is 9.85. The second-order valence-corrected chi connectivity index (χ2v) is 6.16. The van der Waals surface area contributed by atoms with Crippen LogP contribution in [0.3, 0.4) is 0 Å². The fourth-order valence-electron chi connectivity index (χ4n) is 2.36. The molecule has 1 unspecified atom stereocenters. The zero-order valence-electron chi connectivity index (χ0n) is 11.8. The number of benzene rings is 2. The molecule has 0 radical (unpaired) electrons. The molecule has 0 heterocycles. The molecular formula is C16H14BrClF2O. The molecule has 2 aromatic rings. The molecule has 1 atom stereocenters. The van der Waals surface area contributed by atoms with Gasteiger partial charge < -0.3 is 4.74 Å². The minimum absolute atomic E-state index is 0.209. The molecule has 0 aromatic heterocycles. The molecule has 2 rings (SSSR count). The van der Waals surface area contributed by atoms with E-state index in [0.29, 0.717) is 0 Å². The quantitative estimate of drug-likeness (QED) is 0.492. The van der Waals surface area contributed by atoms with E-state index in [1.54, 1.807) is 7.11 Å². The molecule has 0 N–H and O–H groups in total. The molecule has 5 heteroatoms. The number of hydrogen-bond donors (Lipinski definition) is 0. The van der Waals surface area contributed by atoms with Gasteiger partial charge >= 0.3 is 0 Å². The molecule has 0 fully saturated rings. The maximum absolute atomic E-state index is 14.0. The summed E-state index contributed by atoms with van der Waals surface area (Å²) in [5, 5.41) is -0.224. The summed E-state index contributed by atoms with van der Waals surface area (Å²) in [6.07, 6.45) is 0. The Morgan fingerprint density at radius 1 is 1.05 bits per heavy atom. The summed E-state index contributed by atoms with van der Waals surface area (Å²) < 4.78 is 32.9. The number of methoxy groups -OCH3 is 1. The van der Waals surface area contributed by atoms with Gasteiger partial charge in [0.1, 0.15) is 17.4 Å². The molecule has 1 nitrogen and oxygen atoms in total. The summed E-state index contributed by atoms with van der Waals surface area (Å²) in [5.41, 5.74) is 2.91. The fourth-order valence-corrected chi connectivity index (χ4v) is 3.13. The maximum atomic E-state index is 14.0. The Balaban J connectivity index is 2.50. The Kier molecular flexibility index (Phi) is 4.89. The van der Waals surface area contributed by atoms with Crippen molar-refractivity contribution in [2.45, 2.75) is 18.7 Å². The van der Waals surface area contributed by atoms with E-state index in [1.807, 2.05) is 26.0 Å². The van der Waals surface area contributed by atoms with Gasteiger partial charge in [-0.25, -0.2) is 8.78 Å². The third kappa shape index (κ3) is 3.22. The third-order valence-corrected chi connectivity index (χ3v) is 4.60. The van der Waals surface area contributed by atoms with E-state index in [2.05, 4.69) is 15.9 Å². The van der Waals surface area contributed by atoms with E-state index in [4.69, 9.17) is 16.3 Å². The molecule has 0 aliphatic carbocycles. The Hall–Kier alpha value is -1.13. The molecular weight excluding hydrogens is 362 g/mol. The van der Waals surface area contributed by atoms with Crippen LogP contribution in [-0.2, 0) is 0 Å². The van der Waals surface area contributed by atoms with Crippen LogP contribution in [-0.4, -0.2) is 7.11 Å². The molecule has 0 saturated heterocycles. The lowest BCUT2D eigenvalue weighted by Crippen LogP contribution is -2.01. The van der Waals surface area contributed by atoms with Gasteiger partial charge in [0.2, 0.25) is 0 Å². The Labute approximate surface area is 136 Å². The predicted molar refractivity (Wildman–Crippen MR) is 84.6 cm³/mol. The molecule has 112 valence electrons. The van der Waals surface area contributed by atoms with Crippen molar-refractivity contribution in [1.82, 2.24) is 0 Å². The van der Waals surface area contributed by atoms with Crippen molar-refractivity contribution in [2.24, 2.45) is 0 Å². The fraction of sp³-hybridized carbons (Fsp3) is 0.250. The van der Waals surface area contributed by atoms with E-state index in [0.717, 1.165) is 34.6 Å². The van der Waals surface area contributed by atoms with Crippen LogP contribution in [0, 0.1) is 25.5 Å². The van der Waals surface area contributed by atoms with E-state index >= 15 is 0 Å². The number of alkyl halides is 1. The highest BCUT2D eigenvalue weighted by atomic mass is 79.9. The molecule has 0 amide bonds. The minimum atomic E-state index is -0.639. The molecule has 0 aliphatic rings. The normalized spacial score (nSPS) is 12.3. The molecule has 21 heavy (non-hydrogen) atoms. The lowest BCUT2D eigenvalue weighted by Gasteiger charge is -2.16. The minimum Gasteiger partial charge on any atom is -0.496 e. The average molecular weight is 376 g/mol. The van der Waals surface area contributed by atoms with Gasteiger partial charge in [0, 0.05) is 5.56 Å². The van der Waals surface area contributed by atoms with Crippen LogP contribution in [0.1, 0.15) is 27.1 Å². The van der Waals surface area contributed by atoms with Crippen LogP contribution >= 0.6 is 27.5 Å². The van der Waals surface area contributed by atoms with Crippen LogP contribution in [0.4, 0.5) is 8.78 Å². The van der Waals surface area contributed by atoms with Gasteiger partial charge in [0.15, 0.2) is 0 Å². The Morgan fingerprint density at radius 3 is 2.14 bits per heavy atom. The van der Waals surface area contributed by atoms with Crippen molar-refractivity contribution in [1.29, 1.82) is 0 Å². The number of halogens is 4.